The van der Waals surface area contributed by atoms with Crippen LogP contribution in [0.1, 0.15) is 5.82 Å². The predicted octanol–water partition coefficient (Wildman–Crippen LogP) is 2.24. The second kappa shape index (κ2) is 7.12. The zero-order valence-electron chi connectivity index (χ0n) is 13.6. The average Bonchev–Trinajstić information content (AvgIpc) is 2.91. The molecule has 0 atom stereocenters. The number of imidazole rings is 1. The topological polar surface area (TPSA) is 76.0 Å². The molecule has 128 valence electrons. The fourth-order valence-electron chi connectivity index (χ4n) is 2.51. The van der Waals surface area contributed by atoms with E-state index in [4.69, 9.17) is 0 Å². The molecule has 0 radical (unpaired) electrons. The van der Waals surface area contributed by atoms with Crippen molar-refractivity contribution in [2.45, 2.75) is 13.5 Å². The van der Waals surface area contributed by atoms with Gasteiger partial charge < -0.3 is 15.2 Å². The molecule has 0 aliphatic heterocycles. The zero-order chi connectivity index (χ0) is 17.8. The molecule has 25 heavy (non-hydrogen) atoms. The van der Waals surface area contributed by atoms with Crippen LogP contribution in [-0.4, -0.2) is 27.9 Å². The Morgan fingerprint density at radius 3 is 2.56 bits per heavy atom. The third-order valence-corrected chi connectivity index (χ3v) is 3.72. The van der Waals surface area contributed by atoms with Gasteiger partial charge in [-0.15, -0.1) is 0 Å². The number of rotatable bonds is 5. The molecular formula is C18H17FN4O2. The number of nitrogens with zero attached hydrogens (tertiary/aromatic N) is 2. The van der Waals surface area contributed by atoms with E-state index in [2.05, 4.69) is 15.6 Å². The molecule has 2 N–H and O–H groups in total. The maximum Gasteiger partial charge on any atom is 0.243 e. The van der Waals surface area contributed by atoms with Gasteiger partial charge in [0.2, 0.25) is 11.8 Å². The summed E-state index contributed by atoms with van der Waals surface area (Å²) < 4.78 is 14.6. The summed E-state index contributed by atoms with van der Waals surface area (Å²) in [6.45, 7) is 1.74. The van der Waals surface area contributed by atoms with Gasteiger partial charge in [0, 0.05) is 5.69 Å². The number of hydrogen-bond donors (Lipinski definition) is 2. The number of nitrogens with one attached hydrogen (secondary N) is 2. The highest BCUT2D eigenvalue weighted by molar-refractivity contribution is 5.94. The Hall–Kier alpha value is -3.22. The number of halogens is 1. The molecule has 6 nitrogen and oxygen atoms in total. The Balaban J connectivity index is 1.56. The van der Waals surface area contributed by atoms with E-state index in [1.54, 1.807) is 4.57 Å². The van der Waals surface area contributed by atoms with Gasteiger partial charge in [0.05, 0.1) is 17.6 Å². The van der Waals surface area contributed by atoms with E-state index in [1.165, 1.54) is 24.3 Å². The summed E-state index contributed by atoms with van der Waals surface area (Å²) >= 11 is 0. The number of para-hydroxylation sites is 2. The van der Waals surface area contributed by atoms with Crippen LogP contribution in [0.5, 0.6) is 0 Å². The van der Waals surface area contributed by atoms with Gasteiger partial charge in [-0.25, -0.2) is 9.37 Å². The fourth-order valence-corrected chi connectivity index (χ4v) is 2.51. The quantitative estimate of drug-likeness (QED) is 0.748. The average molecular weight is 340 g/mol. The van der Waals surface area contributed by atoms with Crippen LogP contribution >= 0.6 is 0 Å². The minimum atomic E-state index is -0.382. The number of amides is 2. The lowest BCUT2D eigenvalue weighted by Crippen LogP contribution is -2.35. The van der Waals surface area contributed by atoms with Gasteiger partial charge in [0.1, 0.15) is 18.2 Å². The van der Waals surface area contributed by atoms with E-state index in [1.807, 2.05) is 31.2 Å². The van der Waals surface area contributed by atoms with Crippen molar-refractivity contribution in [2.75, 3.05) is 11.9 Å². The van der Waals surface area contributed by atoms with E-state index in [9.17, 15) is 14.0 Å². The summed E-state index contributed by atoms with van der Waals surface area (Å²) in [6.07, 6.45) is 0. The maximum atomic E-state index is 12.8. The molecule has 0 fully saturated rings. The Bertz CT molecular complexity index is 918. The monoisotopic (exact) mass is 340 g/mol. The highest BCUT2D eigenvalue weighted by Crippen LogP contribution is 2.15. The maximum absolute atomic E-state index is 12.8. The Labute approximate surface area is 143 Å². The first kappa shape index (κ1) is 16.6. The van der Waals surface area contributed by atoms with E-state index >= 15 is 0 Å². The van der Waals surface area contributed by atoms with Gasteiger partial charge in [-0.3, -0.25) is 9.59 Å². The van der Waals surface area contributed by atoms with E-state index in [0.717, 1.165) is 16.9 Å². The predicted molar refractivity (Wildman–Crippen MR) is 92.5 cm³/mol. The lowest BCUT2D eigenvalue weighted by atomic mass is 10.3. The van der Waals surface area contributed by atoms with Crippen LogP contribution in [0, 0.1) is 12.7 Å². The molecule has 2 amide bonds. The Morgan fingerprint density at radius 2 is 1.80 bits per heavy atom. The van der Waals surface area contributed by atoms with Gasteiger partial charge in [-0.05, 0) is 43.3 Å². The first-order chi connectivity index (χ1) is 12.0. The molecular weight excluding hydrogens is 323 g/mol. The van der Waals surface area contributed by atoms with Gasteiger partial charge in [0.25, 0.3) is 0 Å². The molecule has 7 heteroatoms. The van der Waals surface area contributed by atoms with Crippen molar-refractivity contribution in [1.82, 2.24) is 14.9 Å². The minimum Gasteiger partial charge on any atom is -0.345 e. The number of hydrogen-bond acceptors (Lipinski definition) is 3. The Kier molecular flexibility index (Phi) is 4.74. The van der Waals surface area contributed by atoms with Crippen molar-refractivity contribution < 1.29 is 14.0 Å². The van der Waals surface area contributed by atoms with Crippen molar-refractivity contribution in [3.8, 4) is 0 Å². The number of carbonyl (C=O) groups excluding carboxylic acids is 2. The summed E-state index contributed by atoms with van der Waals surface area (Å²) in [5, 5.41) is 5.16. The third kappa shape index (κ3) is 4.00. The lowest BCUT2D eigenvalue weighted by Gasteiger charge is -2.09. The van der Waals surface area contributed by atoms with Crippen molar-refractivity contribution in [3.63, 3.8) is 0 Å². The normalized spacial score (nSPS) is 10.6. The second-order valence-electron chi connectivity index (χ2n) is 5.57. The van der Waals surface area contributed by atoms with Crippen LogP contribution < -0.4 is 10.6 Å². The van der Waals surface area contributed by atoms with Crippen molar-refractivity contribution in [1.29, 1.82) is 0 Å². The van der Waals surface area contributed by atoms with Crippen molar-refractivity contribution in [3.05, 3.63) is 60.2 Å². The number of aryl methyl sites for hydroxylation is 1. The summed E-state index contributed by atoms with van der Waals surface area (Å²) in [7, 11) is 0. The molecule has 2 aromatic carbocycles. The smallest absolute Gasteiger partial charge is 0.243 e. The van der Waals surface area contributed by atoms with Gasteiger partial charge in [-0.1, -0.05) is 12.1 Å². The van der Waals surface area contributed by atoms with Crippen LogP contribution in [0.15, 0.2) is 48.5 Å². The van der Waals surface area contributed by atoms with Crippen LogP contribution in [0.2, 0.25) is 0 Å². The molecule has 1 heterocycles. The molecule has 0 bridgehead atoms. The SMILES string of the molecule is Cc1nc2ccccc2n1CC(=O)NCC(=O)Nc1ccc(F)cc1. The van der Waals surface area contributed by atoms with Crippen molar-refractivity contribution in [2.24, 2.45) is 0 Å². The number of carbonyl (C=O) groups is 2. The molecule has 0 aliphatic carbocycles. The highest BCUT2D eigenvalue weighted by atomic mass is 19.1. The van der Waals surface area contributed by atoms with Crippen LogP contribution in [0.3, 0.4) is 0 Å². The van der Waals surface area contributed by atoms with Gasteiger partial charge in [0.15, 0.2) is 0 Å². The zero-order valence-corrected chi connectivity index (χ0v) is 13.6. The minimum absolute atomic E-state index is 0.0795. The first-order valence-electron chi connectivity index (χ1n) is 7.77. The number of benzene rings is 2. The molecule has 1 aromatic heterocycles. The second-order valence-corrected chi connectivity index (χ2v) is 5.57. The van der Waals surface area contributed by atoms with Gasteiger partial charge in [-0.2, -0.15) is 0 Å². The van der Waals surface area contributed by atoms with Crippen LogP contribution in [0.4, 0.5) is 10.1 Å². The number of fused-ring (bicyclic) bond motifs is 1. The molecule has 0 saturated heterocycles. The number of aromatic nitrogens is 2. The standard InChI is InChI=1S/C18H17FN4O2/c1-12-21-15-4-2-3-5-16(15)23(12)11-18(25)20-10-17(24)22-14-8-6-13(19)7-9-14/h2-9H,10-11H2,1H3,(H,20,25)(H,22,24). The molecule has 0 saturated carbocycles. The largest absolute Gasteiger partial charge is 0.345 e. The molecule has 3 rings (SSSR count). The summed E-state index contributed by atoms with van der Waals surface area (Å²) in [5.74, 6) is -0.325. The molecule has 3 aromatic rings. The molecule has 0 unspecified atom stereocenters. The van der Waals surface area contributed by atoms with Crippen LogP contribution in [0.25, 0.3) is 11.0 Å². The summed E-state index contributed by atoms with van der Waals surface area (Å²) in [4.78, 5) is 28.4. The fraction of sp³-hybridized carbons (Fsp3) is 0.167. The number of anilines is 1. The summed E-state index contributed by atoms with van der Waals surface area (Å²) in [5.41, 5.74) is 2.16. The summed E-state index contributed by atoms with van der Waals surface area (Å²) in [6, 6.07) is 13.0. The van der Waals surface area contributed by atoms with Crippen LogP contribution in [-0.2, 0) is 16.1 Å². The first-order valence-corrected chi connectivity index (χ1v) is 7.77. The Morgan fingerprint density at radius 1 is 1.08 bits per heavy atom. The molecule has 0 spiro atoms. The van der Waals surface area contributed by atoms with E-state index < -0.39 is 0 Å². The molecule has 0 aliphatic rings. The van der Waals surface area contributed by atoms with Crippen molar-refractivity contribution >= 4 is 28.5 Å². The highest BCUT2D eigenvalue weighted by Gasteiger charge is 2.11. The third-order valence-electron chi connectivity index (χ3n) is 3.72. The van der Waals surface area contributed by atoms with Gasteiger partial charge >= 0.3 is 0 Å². The van der Waals surface area contributed by atoms with E-state index in [0.29, 0.717) is 5.69 Å². The lowest BCUT2D eigenvalue weighted by molar-refractivity contribution is -0.124. The van der Waals surface area contributed by atoms with E-state index in [-0.39, 0.29) is 30.7 Å².